The molecule has 22 nitrogen and oxygen atoms in total. The van der Waals surface area contributed by atoms with Crippen LogP contribution < -0.4 is 31.4 Å². The van der Waals surface area contributed by atoms with Crippen molar-refractivity contribution in [2.45, 2.75) is 9.79 Å². The number of nitrogens with two attached hydrogens (primary N) is 3. The van der Waals surface area contributed by atoms with Crippen LogP contribution in [0.25, 0.3) is 21.9 Å². The second kappa shape index (κ2) is 19.8. The van der Waals surface area contributed by atoms with Crippen LogP contribution in [0.4, 0.5) is 51.2 Å². The van der Waals surface area contributed by atoms with Gasteiger partial charge in [-0.3, -0.25) is 9.11 Å². The summed E-state index contributed by atoms with van der Waals surface area (Å²) in [6.45, 7) is -1.35. The van der Waals surface area contributed by atoms with Gasteiger partial charge in [-0.25, -0.2) is 0 Å². The number of phenolic OH excluding ortho intramolecular Hbond substituents is 1. The lowest BCUT2D eigenvalue weighted by atomic mass is 10.0. The smallest absolute Gasteiger partial charge is 0.296 e. The number of nitrogen functional groups attached to an aromatic ring is 3. The van der Waals surface area contributed by atoms with Gasteiger partial charge in [-0.05, 0) is 71.1 Å². The van der Waals surface area contributed by atoms with Crippen molar-refractivity contribution in [1.29, 1.82) is 0 Å². The van der Waals surface area contributed by atoms with Crippen LogP contribution in [0.3, 0.4) is 0 Å². The number of hydrogen-bond donors (Lipinski definition) is 9. The maximum atomic E-state index is 12.7. The minimum absolute atomic E-state index is 0.0164. The topological polar surface area (TPSA) is 370 Å². The van der Waals surface area contributed by atoms with Gasteiger partial charge in [0.15, 0.2) is 5.75 Å². The number of azo groups is 3. The molecule has 0 saturated carbocycles. The van der Waals surface area contributed by atoms with Gasteiger partial charge in [-0.15, -0.1) is 25.6 Å². The number of aliphatic hydroxyl groups excluding tert-OH is 3. The van der Waals surface area contributed by atoms with Crippen molar-refractivity contribution in [3.8, 4) is 34.1 Å². The highest BCUT2D eigenvalue weighted by Gasteiger charge is 2.28. The summed E-state index contributed by atoms with van der Waals surface area (Å²) in [6.07, 6.45) is 0. The normalized spacial score (nSPS) is 12.2. The summed E-state index contributed by atoms with van der Waals surface area (Å²) in [5, 5.41) is 63.3. The lowest BCUT2D eigenvalue weighted by Crippen LogP contribution is -2.04. The molecule has 0 atom stereocenters. The Kier molecular flexibility index (Phi) is 14.3. The van der Waals surface area contributed by atoms with E-state index in [1.807, 2.05) is 0 Å². The van der Waals surface area contributed by atoms with E-state index in [1.54, 1.807) is 42.5 Å². The van der Waals surface area contributed by atoms with E-state index in [0.717, 1.165) is 12.1 Å². The third-order valence-electron chi connectivity index (χ3n) is 8.87. The van der Waals surface area contributed by atoms with E-state index < -0.39 is 59.4 Å². The van der Waals surface area contributed by atoms with E-state index in [9.17, 15) is 41.3 Å². The maximum Gasteiger partial charge on any atom is 0.296 e. The molecule has 0 radical (unpaired) electrons. The van der Waals surface area contributed by atoms with Crippen LogP contribution in [0.5, 0.6) is 23.0 Å². The molecule has 0 aliphatic heterocycles. The molecule has 6 aromatic rings. The highest BCUT2D eigenvalue weighted by atomic mass is 32.2. The molecule has 0 unspecified atom stereocenters. The van der Waals surface area contributed by atoms with Gasteiger partial charge in [0.2, 0.25) is 0 Å². The molecule has 0 heterocycles. The summed E-state index contributed by atoms with van der Waals surface area (Å²) >= 11 is 0. The van der Waals surface area contributed by atoms with E-state index >= 15 is 0 Å². The first kappa shape index (κ1) is 46.2. The van der Waals surface area contributed by atoms with E-state index in [2.05, 4.69) is 30.7 Å². The lowest BCUT2D eigenvalue weighted by molar-refractivity contribution is 0.201. The highest BCUT2D eigenvalue weighted by molar-refractivity contribution is 7.86. The Bertz CT molecular complexity index is 3030. The number of hydrogen-bond acceptors (Lipinski definition) is 20. The number of ether oxygens (including phenoxy) is 3. The van der Waals surface area contributed by atoms with Crippen molar-refractivity contribution in [1.82, 2.24) is 0 Å². The summed E-state index contributed by atoms with van der Waals surface area (Å²) < 4.78 is 87.4. The summed E-state index contributed by atoms with van der Waals surface area (Å²) in [4.78, 5) is -1.90. The predicted octanol–water partition coefficient (Wildman–Crippen LogP) is 6.81. The number of aliphatic hydroxyl groups is 3. The Hall–Kier alpha value is -7.32. The van der Waals surface area contributed by atoms with Gasteiger partial charge in [0.1, 0.15) is 75.3 Å². The van der Waals surface area contributed by atoms with Gasteiger partial charge in [0.25, 0.3) is 20.2 Å². The lowest BCUT2D eigenvalue weighted by Gasteiger charge is -2.14. The van der Waals surface area contributed by atoms with Gasteiger partial charge in [-0.2, -0.15) is 21.9 Å². The first-order chi connectivity index (χ1) is 30.5. The van der Waals surface area contributed by atoms with Gasteiger partial charge < -0.3 is 51.8 Å². The molecule has 0 spiro atoms. The first-order valence-electron chi connectivity index (χ1n) is 18.6. The first-order valence-corrected chi connectivity index (χ1v) is 21.5. The summed E-state index contributed by atoms with van der Waals surface area (Å²) in [7, 11) is -10.3. The van der Waals surface area contributed by atoms with Crippen molar-refractivity contribution in [2.75, 3.05) is 56.8 Å². The molecule has 334 valence electrons. The van der Waals surface area contributed by atoms with E-state index in [1.165, 1.54) is 36.4 Å². The fourth-order valence-corrected chi connectivity index (χ4v) is 7.31. The predicted molar refractivity (Wildman–Crippen MR) is 234 cm³/mol. The van der Waals surface area contributed by atoms with Crippen LogP contribution in [-0.4, -0.2) is 86.0 Å². The molecule has 6 aromatic carbocycles. The monoisotopic (exact) mass is 917 g/mol. The third kappa shape index (κ3) is 10.6. The molecule has 6 rings (SSSR count). The number of nitrogens with zero attached hydrogens (tertiary/aromatic N) is 6. The minimum atomic E-state index is -5.18. The van der Waals surface area contributed by atoms with Crippen LogP contribution in [0.15, 0.2) is 131 Å². The molecule has 0 amide bonds. The van der Waals surface area contributed by atoms with Gasteiger partial charge in [-0.1, -0.05) is 30.3 Å². The van der Waals surface area contributed by atoms with Crippen LogP contribution in [0.2, 0.25) is 0 Å². The number of rotatable bonds is 18. The maximum absolute atomic E-state index is 12.7. The minimum Gasteiger partial charge on any atom is -0.505 e. The Balaban J connectivity index is 1.42. The summed E-state index contributed by atoms with van der Waals surface area (Å²) in [5.74, 6) is -0.478. The third-order valence-corrected chi connectivity index (χ3v) is 10.6. The van der Waals surface area contributed by atoms with Crippen LogP contribution in [0.1, 0.15) is 0 Å². The van der Waals surface area contributed by atoms with E-state index in [4.69, 9.17) is 36.5 Å². The molecular formula is C40H39N9O13S2. The highest BCUT2D eigenvalue weighted by Crippen LogP contribution is 2.49. The fraction of sp³-hybridized carbons (Fsp3) is 0.150. The molecular weight excluding hydrogens is 879 g/mol. The molecule has 0 aliphatic carbocycles. The average Bonchev–Trinajstić information content (AvgIpc) is 3.26. The van der Waals surface area contributed by atoms with Crippen molar-refractivity contribution in [2.24, 2.45) is 30.7 Å². The quantitative estimate of drug-likeness (QED) is 0.0243. The zero-order valence-electron chi connectivity index (χ0n) is 33.2. The summed E-state index contributed by atoms with van der Waals surface area (Å²) in [6, 6.07) is 21.8. The number of aromatic hydroxyl groups is 1. The van der Waals surface area contributed by atoms with Crippen LogP contribution in [-0.2, 0) is 20.2 Å². The van der Waals surface area contributed by atoms with Gasteiger partial charge >= 0.3 is 0 Å². The second-order valence-corrected chi connectivity index (χ2v) is 16.0. The van der Waals surface area contributed by atoms with Crippen LogP contribution >= 0.6 is 0 Å². The molecule has 0 bridgehead atoms. The van der Waals surface area contributed by atoms with Crippen molar-refractivity contribution < 1.29 is 60.6 Å². The zero-order valence-corrected chi connectivity index (χ0v) is 34.8. The SMILES string of the molecule is Nc1cc(N)c(OCCO)cc1N=Nc1ccc(-c2ccc(N=Nc3c(S(=O)(=O)O)cc4cc(S(=O)(=O)O)c(N=Nc5ccccc5)c(O)c4c3N)c(OCCO)c2)cc1OCCO. The van der Waals surface area contributed by atoms with Crippen molar-refractivity contribution >= 4 is 82.2 Å². The second-order valence-electron chi connectivity index (χ2n) is 13.2. The average molecular weight is 918 g/mol. The van der Waals surface area contributed by atoms with Gasteiger partial charge in [0.05, 0.1) is 48.0 Å². The number of anilines is 3. The van der Waals surface area contributed by atoms with Crippen LogP contribution in [0, 0.1) is 0 Å². The zero-order chi connectivity index (χ0) is 46.2. The molecule has 24 heteroatoms. The van der Waals surface area contributed by atoms with Gasteiger partial charge in [0, 0.05) is 6.07 Å². The number of fused-ring (bicyclic) bond motifs is 1. The molecule has 0 fully saturated rings. The fourth-order valence-electron chi connectivity index (χ4n) is 5.98. The summed E-state index contributed by atoms with van der Waals surface area (Å²) in [5.41, 5.74) is 18.5. The molecule has 12 N–H and O–H groups in total. The molecule has 64 heavy (non-hydrogen) atoms. The molecule has 0 saturated heterocycles. The molecule has 0 aromatic heterocycles. The Morgan fingerprint density at radius 2 is 1.00 bits per heavy atom. The largest absolute Gasteiger partial charge is 0.505 e. The Morgan fingerprint density at radius 1 is 0.516 bits per heavy atom. The number of phenols is 1. The Morgan fingerprint density at radius 3 is 1.53 bits per heavy atom. The van der Waals surface area contributed by atoms with Crippen molar-refractivity contribution in [3.05, 3.63) is 91.0 Å². The Labute approximate surface area is 364 Å². The van der Waals surface area contributed by atoms with Crippen molar-refractivity contribution in [3.63, 3.8) is 0 Å². The molecule has 0 aliphatic rings. The standard InChI is InChI=1S/C40H39N9O13S2/c41-26-20-27(42)31(60-13-10-50)21-30(26)47-45-28-8-6-22(16-32(28)61-14-11-51)23-7-9-29(33(17-23)62-15-12-52)46-48-38-34(63(54,55)56)18-24-19-35(64(57,58)59)39(40(53)36(24)37(38)43)49-44-25-4-2-1-3-5-25/h1-9,16-21,50-53H,10-15,41-43H2,(H,54,55,56)(H,57,58,59). The number of benzene rings is 6. The van der Waals surface area contributed by atoms with E-state index in [-0.39, 0.29) is 95.2 Å². The van der Waals surface area contributed by atoms with E-state index in [0.29, 0.717) is 11.1 Å².